The molecule has 112 valence electrons. The molecule has 1 aliphatic heterocycles. The van der Waals surface area contributed by atoms with E-state index in [2.05, 4.69) is 4.98 Å². The lowest BCUT2D eigenvalue weighted by atomic mass is 10.2. The average Bonchev–Trinajstić information content (AvgIpc) is 2.91. The number of ether oxygens (including phenoxy) is 2. The molecule has 0 unspecified atom stereocenters. The molecule has 1 aromatic carbocycles. The maximum absolute atomic E-state index is 12.7. The summed E-state index contributed by atoms with van der Waals surface area (Å²) >= 11 is 12.2. The molecule has 0 bridgehead atoms. The molecule has 0 radical (unpaired) electrons. The molecule has 2 aromatic rings. The summed E-state index contributed by atoms with van der Waals surface area (Å²) in [5, 5.41) is 1.07. The summed E-state index contributed by atoms with van der Waals surface area (Å²) in [4.78, 5) is 17.0. The first-order valence-electron chi connectivity index (χ1n) is 6.67. The van der Waals surface area contributed by atoms with E-state index in [1.54, 1.807) is 12.1 Å². The van der Waals surface area contributed by atoms with E-state index in [0.717, 1.165) is 0 Å². The highest BCUT2D eigenvalue weighted by Crippen LogP contribution is 2.27. The summed E-state index contributed by atoms with van der Waals surface area (Å²) in [6.07, 6.45) is 1.32. The van der Waals surface area contributed by atoms with Gasteiger partial charge in [0.25, 0.3) is 5.56 Å². The number of fused-ring (bicyclic) bond motifs is 1. The van der Waals surface area contributed by atoms with Crippen molar-refractivity contribution in [3.05, 3.63) is 38.9 Å². The fourth-order valence-corrected chi connectivity index (χ4v) is 3.00. The smallest absolute Gasteiger partial charge is 0.263 e. The molecule has 1 saturated heterocycles. The number of benzene rings is 1. The van der Waals surface area contributed by atoms with Crippen LogP contribution in [0, 0.1) is 0 Å². The van der Waals surface area contributed by atoms with Crippen LogP contribution in [0.15, 0.2) is 23.3 Å². The van der Waals surface area contributed by atoms with Gasteiger partial charge in [0.2, 0.25) is 0 Å². The van der Waals surface area contributed by atoms with Crippen LogP contribution in [0.3, 0.4) is 0 Å². The topological polar surface area (TPSA) is 53.4 Å². The van der Waals surface area contributed by atoms with Crippen molar-refractivity contribution in [2.75, 3.05) is 19.8 Å². The summed E-state index contributed by atoms with van der Waals surface area (Å²) in [7, 11) is 0. The van der Waals surface area contributed by atoms with E-state index in [1.165, 1.54) is 10.9 Å². The van der Waals surface area contributed by atoms with E-state index < -0.39 is 0 Å². The van der Waals surface area contributed by atoms with E-state index in [0.29, 0.717) is 40.8 Å². The van der Waals surface area contributed by atoms with Crippen LogP contribution in [0.4, 0.5) is 0 Å². The van der Waals surface area contributed by atoms with Crippen molar-refractivity contribution < 1.29 is 9.47 Å². The first-order valence-corrected chi connectivity index (χ1v) is 7.43. The van der Waals surface area contributed by atoms with Crippen LogP contribution in [0.1, 0.15) is 13.0 Å². The van der Waals surface area contributed by atoms with Gasteiger partial charge in [-0.3, -0.25) is 9.36 Å². The summed E-state index contributed by atoms with van der Waals surface area (Å²) in [6, 6.07) is 3.03. The first-order chi connectivity index (χ1) is 10.1. The second-order valence-electron chi connectivity index (χ2n) is 4.81. The second-order valence-corrected chi connectivity index (χ2v) is 5.62. The van der Waals surface area contributed by atoms with Crippen molar-refractivity contribution >= 4 is 34.1 Å². The number of hydrogen-bond acceptors (Lipinski definition) is 4. The molecule has 2 atom stereocenters. The molecule has 5 nitrogen and oxygen atoms in total. The van der Waals surface area contributed by atoms with Crippen LogP contribution >= 0.6 is 23.2 Å². The molecular formula is C14H14Cl2N2O3. The van der Waals surface area contributed by atoms with Gasteiger partial charge in [-0.25, -0.2) is 4.98 Å². The molecule has 0 aliphatic carbocycles. The monoisotopic (exact) mass is 328 g/mol. The zero-order valence-corrected chi connectivity index (χ0v) is 12.9. The highest BCUT2D eigenvalue weighted by molar-refractivity contribution is 6.39. The molecule has 0 saturated carbocycles. The Balaban J connectivity index is 2.15. The number of aromatic nitrogens is 2. The van der Waals surface area contributed by atoms with E-state index in [4.69, 9.17) is 32.7 Å². The van der Waals surface area contributed by atoms with Crippen LogP contribution < -0.4 is 5.56 Å². The Morgan fingerprint density at radius 2 is 2.14 bits per heavy atom. The third-order valence-corrected chi connectivity index (χ3v) is 4.20. The van der Waals surface area contributed by atoms with Gasteiger partial charge >= 0.3 is 0 Å². The lowest BCUT2D eigenvalue weighted by Crippen LogP contribution is -2.33. The molecule has 1 fully saturated rings. The minimum atomic E-state index is -0.229. The predicted molar refractivity (Wildman–Crippen MR) is 81.3 cm³/mol. The van der Waals surface area contributed by atoms with Crippen molar-refractivity contribution in [3.63, 3.8) is 0 Å². The number of nitrogens with zero attached hydrogens (tertiary/aromatic N) is 2. The van der Waals surface area contributed by atoms with Crippen LogP contribution in [-0.2, 0) is 9.47 Å². The Morgan fingerprint density at radius 1 is 1.38 bits per heavy atom. The van der Waals surface area contributed by atoms with Crippen molar-refractivity contribution in [2.45, 2.75) is 19.1 Å². The largest absolute Gasteiger partial charge is 0.376 e. The average molecular weight is 329 g/mol. The Hall–Kier alpha value is -1.14. The standard InChI is InChI=1S/C14H14Cl2N2O3/c1-2-21-11-6-20-5-10(11)18-7-17-13-9(16)4-3-8(15)12(13)14(18)19/h3-4,7,10-11H,2,5-6H2,1H3/t10-,11-/m0/s1. The Labute approximate surface area is 131 Å². The van der Waals surface area contributed by atoms with Crippen LogP contribution in [0.25, 0.3) is 10.9 Å². The summed E-state index contributed by atoms with van der Waals surface area (Å²) < 4.78 is 12.6. The Bertz CT molecular complexity index is 732. The maximum Gasteiger partial charge on any atom is 0.263 e. The highest BCUT2D eigenvalue weighted by Gasteiger charge is 2.31. The van der Waals surface area contributed by atoms with Gasteiger partial charge in [0.15, 0.2) is 0 Å². The molecule has 21 heavy (non-hydrogen) atoms. The quantitative estimate of drug-likeness (QED) is 0.869. The normalized spacial score (nSPS) is 22.0. The van der Waals surface area contributed by atoms with Crippen LogP contribution in [-0.4, -0.2) is 35.5 Å². The Morgan fingerprint density at radius 3 is 2.90 bits per heavy atom. The number of hydrogen-bond donors (Lipinski definition) is 0. The van der Waals surface area contributed by atoms with Gasteiger partial charge in [0, 0.05) is 6.61 Å². The lowest BCUT2D eigenvalue weighted by Gasteiger charge is -2.20. The first kappa shape index (κ1) is 14.8. The third kappa shape index (κ3) is 2.55. The molecule has 0 spiro atoms. The van der Waals surface area contributed by atoms with Gasteiger partial charge in [-0.15, -0.1) is 0 Å². The van der Waals surface area contributed by atoms with Gasteiger partial charge in [-0.1, -0.05) is 23.2 Å². The zero-order chi connectivity index (χ0) is 15.0. The minimum Gasteiger partial charge on any atom is -0.376 e. The Kier molecular flexibility index (Phi) is 4.17. The van der Waals surface area contributed by atoms with Gasteiger partial charge in [0.1, 0.15) is 6.10 Å². The van der Waals surface area contributed by atoms with E-state index in [1.807, 2.05) is 6.92 Å². The van der Waals surface area contributed by atoms with Crippen LogP contribution in [0.5, 0.6) is 0 Å². The molecule has 1 aromatic heterocycles. The summed E-state index contributed by atoms with van der Waals surface area (Å²) in [5.41, 5.74) is 0.185. The zero-order valence-electron chi connectivity index (χ0n) is 11.4. The van der Waals surface area contributed by atoms with E-state index >= 15 is 0 Å². The summed E-state index contributed by atoms with van der Waals surface area (Å²) in [6.45, 7) is 3.35. The minimum absolute atomic E-state index is 0.162. The second kappa shape index (κ2) is 5.93. The molecule has 1 aliphatic rings. The SMILES string of the molecule is CCO[C@H]1COC[C@@H]1n1cnc2c(Cl)ccc(Cl)c2c1=O. The van der Waals surface area contributed by atoms with Crippen LogP contribution in [0.2, 0.25) is 10.0 Å². The van der Waals surface area contributed by atoms with Gasteiger partial charge in [-0.2, -0.15) is 0 Å². The number of rotatable bonds is 3. The highest BCUT2D eigenvalue weighted by atomic mass is 35.5. The van der Waals surface area contributed by atoms with Gasteiger partial charge in [-0.05, 0) is 19.1 Å². The predicted octanol–water partition coefficient (Wildman–Crippen LogP) is 2.68. The van der Waals surface area contributed by atoms with E-state index in [9.17, 15) is 4.79 Å². The summed E-state index contributed by atoms with van der Waals surface area (Å²) in [5.74, 6) is 0. The molecule has 2 heterocycles. The van der Waals surface area contributed by atoms with E-state index in [-0.39, 0.29) is 17.7 Å². The third-order valence-electron chi connectivity index (χ3n) is 3.58. The van der Waals surface area contributed by atoms with Crippen molar-refractivity contribution in [3.8, 4) is 0 Å². The molecule has 7 heteroatoms. The van der Waals surface area contributed by atoms with Gasteiger partial charge in [0.05, 0.1) is 46.5 Å². The fourth-order valence-electron chi connectivity index (χ4n) is 2.56. The maximum atomic E-state index is 12.7. The number of halogens is 2. The van der Waals surface area contributed by atoms with Crippen molar-refractivity contribution in [1.82, 2.24) is 9.55 Å². The van der Waals surface area contributed by atoms with Gasteiger partial charge < -0.3 is 9.47 Å². The molecular weight excluding hydrogens is 315 g/mol. The lowest BCUT2D eigenvalue weighted by molar-refractivity contribution is 0.0356. The van der Waals surface area contributed by atoms with Crippen molar-refractivity contribution in [1.29, 1.82) is 0 Å². The molecule has 0 amide bonds. The molecule has 3 rings (SSSR count). The van der Waals surface area contributed by atoms with Crippen molar-refractivity contribution in [2.24, 2.45) is 0 Å². The fraction of sp³-hybridized carbons (Fsp3) is 0.429. The molecule has 0 N–H and O–H groups in total.